The number of likely N-dealkylation sites (tertiary alicyclic amines) is 1. The van der Waals surface area contributed by atoms with Crippen molar-refractivity contribution in [3.8, 4) is 11.3 Å². The minimum atomic E-state index is 0.0597. The zero-order valence-electron chi connectivity index (χ0n) is 18.4. The number of para-hydroxylation sites is 1. The Morgan fingerprint density at radius 3 is 2.38 bits per heavy atom. The Labute approximate surface area is 188 Å². The predicted molar refractivity (Wildman–Crippen MR) is 128 cm³/mol. The van der Waals surface area contributed by atoms with Gasteiger partial charge in [-0.3, -0.25) is 9.69 Å². The number of aromatic nitrogens is 2. The molecule has 162 valence electrons. The molecule has 0 bridgehead atoms. The van der Waals surface area contributed by atoms with Crippen molar-refractivity contribution in [1.82, 2.24) is 14.3 Å². The highest BCUT2D eigenvalue weighted by molar-refractivity contribution is 5.92. The zero-order chi connectivity index (χ0) is 21.9. The summed E-state index contributed by atoms with van der Waals surface area (Å²) in [5.74, 6) is 0.190. The van der Waals surface area contributed by atoms with Crippen molar-refractivity contribution in [1.29, 1.82) is 0 Å². The molecule has 5 heteroatoms. The number of rotatable bonds is 5. The van der Waals surface area contributed by atoms with Crippen LogP contribution in [0.5, 0.6) is 0 Å². The number of carbonyl (C=O) groups excluding carboxylic acids is 1. The van der Waals surface area contributed by atoms with Crippen molar-refractivity contribution in [2.75, 3.05) is 18.4 Å². The number of amides is 1. The van der Waals surface area contributed by atoms with Crippen molar-refractivity contribution in [3.63, 3.8) is 0 Å². The highest BCUT2D eigenvalue weighted by Crippen LogP contribution is 2.28. The molecule has 2 aromatic carbocycles. The predicted octanol–water partition coefficient (Wildman–Crippen LogP) is 5.16. The van der Waals surface area contributed by atoms with Gasteiger partial charge >= 0.3 is 0 Å². The van der Waals surface area contributed by atoms with Gasteiger partial charge in [-0.15, -0.1) is 0 Å². The molecular weight excluding hydrogens is 396 g/mol. The summed E-state index contributed by atoms with van der Waals surface area (Å²) in [6.07, 6.45) is 3.91. The average molecular weight is 425 g/mol. The van der Waals surface area contributed by atoms with Gasteiger partial charge in [0.25, 0.3) is 0 Å². The number of benzene rings is 2. The summed E-state index contributed by atoms with van der Waals surface area (Å²) >= 11 is 0. The summed E-state index contributed by atoms with van der Waals surface area (Å²) < 4.78 is 2.23. The van der Waals surface area contributed by atoms with Gasteiger partial charge in [0, 0.05) is 29.9 Å². The van der Waals surface area contributed by atoms with Crippen LogP contribution >= 0.6 is 0 Å². The van der Waals surface area contributed by atoms with Gasteiger partial charge in [-0.1, -0.05) is 54.6 Å². The second-order valence-electron chi connectivity index (χ2n) is 8.61. The number of nitrogens with one attached hydrogen (secondary N) is 1. The lowest BCUT2D eigenvalue weighted by atomic mass is 9.95. The van der Waals surface area contributed by atoms with Gasteiger partial charge in [0.05, 0.1) is 11.4 Å². The van der Waals surface area contributed by atoms with E-state index in [0.29, 0.717) is 0 Å². The van der Waals surface area contributed by atoms with Crippen molar-refractivity contribution >= 4 is 17.2 Å². The lowest BCUT2D eigenvalue weighted by Gasteiger charge is -2.31. The Kier molecular flexibility index (Phi) is 5.73. The van der Waals surface area contributed by atoms with Crippen LogP contribution in [0, 0.1) is 12.8 Å². The molecule has 0 spiro atoms. The largest absolute Gasteiger partial charge is 0.326 e. The van der Waals surface area contributed by atoms with Crippen LogP contribution in [0.1, 0.15) is 24.1 Å². The van der Waals surface area contributed by atoms with Crippen LogP contribution in [0.15, 0.2) is 79.0 Å². The Balaban J connectivity index is 1.32. The average Bonchev–Trinajstić information content (AvgIpc) is 3.18. The molecule has 0 unspecified atom stereocenters. The molecule has 0 saturated carbocycles. The molecule has 0 aliphatic carbocycles. The summed E-state index contributed by atoms with van der Waals surface area (Å²) in [5, 5.41) is 3.06. The van der Waals surface area contributed by atoms with Crippen LogP contribution < -0.4 is 5.32 Å². The van der Waals surface area contributed by atoms with Crippen LogP contribution in [0.2, 0.25) is 0 Å². The van der Waals surface area contributed by atoms with E-state index >= 15 is 0 Å². The summed E-state index contributed by atoms with van der Waals surface area (Å²) in [6, 6.07) is 24.3. The van der Waals surface area contributed by atoms with Crippen molar-refractivity contribution < 1.29 is 4.79 Å². The highest BCUT2D eigenvalue weighted by Gasteiger charge is 2.26. The molecule has 32 heavy (non-hydrogen) atoms. The first-order valence-electron chi connectivity index (χ1n) is 11.3. The van der Waals surface area contributed by atoms with E-state index in [9.17, 15) is 4.79 Å². The molecule has 5 rings (SSSR count). The van der Waals surface area contributed by atoms with Gasteiger partial charge in [0.1, 0.15) is 5.65 Å². The summed E-state index contributed by atoms with van der Waals surface area (Å²) in [4.78, 5) is 20.1. The number of nitrogens with zero attached hydrogens (tertiary/aromatic N) is 3. The topological polar surface area (TPSA) is 49.6 Å². The molecule has 2 aromatic heterocycles. The second-order valence-corrected chi connectivity index (χ2v) is 8.61. The minimum absolute atomic E-state index is 0.0597. The fourth-order valence-corrected chi connectivity index (χ4v) is 4.51. The third kappa shape index (κ3) is 4.30. The third-order valence-electron chi connectivity index (χ3n) is 6.29. The number of fused-ring (bicyclic) bond motifs is 1. The quantitative estimate of drug-likeness (QED) is 0.481. The van der Waals surface area contributed by atoms with Gasteiger partial charge in [0.15, 0.2) is 0 Å². The molecule has 4 aromatic rings. The Bertz CT molecular complexity index is 1210. The number of carbonyl (C=O) groups is 1. The lowest BCUT2D eigenvalue weighted by Crippen LogP contribution is -2.38. The van der Waals surface area contributed by atoms with Crippen molar-refractivity contribution in [2.24, 2.45) is 5.92 Å². The normalized spacial score (nSPS) is 15.2. The summed E-state index contributed by atoms with van der Waals surface area (Å²) in [5.41, 5.74) is 6.45. The van der Waals surface area contributed by atoms with Crippen molar-refractivity contribution in [3.05, 3.63) is 90.3 Å². The molecular formula is C27H28N4O. The Morgan fingerprint density at radius 2 is 1.66 bits per heavy atom. The number of pyridine rings is 1. The van der Waals surface area contributed by atoms with Gasteiger partial charge in [-0.05, 0) is 56.6 Å². The molecule has 5 nitrogen and oxygen atoms in total. The standard InChI is InChI=1S/C27H28N4O/c1-20-12-13-25-29-26(21-8-4-2-5-9-21)24(31(25)18-20)19-30-16-14-22(15-17-30)27(32)28-23-10-6-3-7-11-23/h2-13,18,22H,14-17,19H2,1H3,(H,28,32). The van der Waals surface area contributed by atoms with E-state index in [1.54, 1.807) is 0 Å². The molecule has 1 amide bonds. The maximum Gasteiger partial charge on any atom is 0.227 e. The van der Waals surface area contributed by atoms with Crippen LogP contribution in [0.25, 0.3) is 16.9 Å². The molecule has 1 aliphatic rings. The summed E-state index contributed by atoms with van der Waals surface area (Å²) in [7, 11) is 0. The zero-order valence-corrected chi connectivity index (χ0v) is 18.4. The van der Waals surface area contributed by atoms with E-state index < -0.39 is 0 Å². The molecule has 3 heterocycles. The Morgan fingerprint density at radius 1 is 0.969 bits per heavy atom. The first-order valence-corrected chi connectivity index (χ1v) is 11.3. The maximum atomic E-state index is 12.7. The van der Waals surface area contributed by atoms with E-state index in [1.165, 1.54) is 11.3 Å². The van der Waals surface area contributed by atoms with E-state index in [4.69, 9.17) is 4.98 Å². The molecule has 1 N–H and O–H groups in total. The van der Waals surface area contributed by atoms with Gasteiger partial charge < -0.3 is 9.72 Å². The van der Waals surface area contributed by atoms with E-state index in [2.05, 4.69) is 64.1 Å². The number of anilines is 1. The second kappa shape index (κ2) is 8.97. The summed E-state index contributed by atoms with van der Waals surface area (Å²) in [6.45, 7) is 4.74. The van der Waals surface area contributed by atoms with Gasteiger partial charge in [0.2, 0.25) is 5.91 Å². The molecule has 0 radical (unpaired) electrons. The van der Waals surface area contributed by atoms with Crippen molar-refractivity contribution in [2.45, 2.75) is 26.3 Å². The van der Waals surface area contributed by atoms with Crippen LogP contribution in [0.4, 0.5) is 5.69 Å². The van der Waals surface area contributed by atoms with Gasteiger partial charge in [-0.25, -0.2) is 4.98 Å². The number of hydrogen-bond donors (Lipinski definition) is 1. The van der Waals surface area contributed by atoms with Gasteiger partial charge in [-0.2, -0.15) is 0 Å². The van der Waals surface area contributed by atoms with Crippen LogP contribution in [0.3, 0.4) is 0 Å². The molecule has 1 aliphatic heterocycles. The highest BCUT2D eigenvalue weighted by atomic mass is 16.1. The molecule has 1 saturated heterocycles. The smallest absolute Gasteiger partial charge is 0.227 e. The van der Waals surface area contributed by atoms with Crippen LogP contribution in [-0.2, 0) is 11.3 Å². The number of piperidine rings is 1. The number of hydrogen-bond acceptors (Lipinski definition) is 3. The SMILES string of the molecule is Cc1ccc2nc(-c3ccccc3)c(CN3CCC(C(=O)Nc4ccccc4)CC3)n2c1. The third-order valence-corrected chi connectivity index (χ3v) is 6.29. The fourth-order valence-electron chi connectivity index (χ4n) is 4.51. The monoisotopic (exact) mass is 424 g/mol. The minimum Gasteiger partial charge on any atom is -0.326 e. The van der Waals surface area contributed by atoms with E-state index in [-0.39, 0.29) is 11.8 Å². The Hall–Kier alpha value is -3.44. The number of imidazole rings is 1. The lowest BCUT2D eigenvalue weighted by molar-refractivity contribution is -0.121. The van der Waals surface area contributed by atoms with E-state index in [1.807, 2.05) is 36.4 Å². The molecule has 0 atom stereocenters. The molecule has 1 fully saturated rings. The fraction of sp³-hybridized carbons (Fsp3) is 0.259. The van der Waals surface area contributed by atoms with E-state index in [0.717, 1.165) is 55.1 Å². The first kappa shape index (κ1) is 20.5. The number of aryl methyl sites for hydroxylation is 1. The van der Waals surface area contributed by atoms with Crippen LogP contribution in [-0.4, -0.2) is 33.3 Å². The maximum absolute atomic E-state index is 12.7. The first-order chi connectivity index (χ1) is 15.7.